The van der Waals surface area contributed by atoms with Crippen molar-refractivity contribution in [3.63, 3.8) is 0 Å². The molecule has 82 valence electrons. The van der Waals surface area contributed by atoms with Crippen molar-refractivity contribution >= 4 is 17.3 Å². The maximum absolute atomic E-state index is 10.7. The molecule has 0 aliphatic rings. The van der Waals surface area contributed by atoms with E-state index in [9.17, 15) is 4.79 Å². The molecule has 5 heteroatoms. The average Bonchev–Trinajstić information content (AvgIpc) is 2.64. The van der Waals surface area contributed by atoms with E-state index in [1.165, 1.54) is 11.3 Å². The molecular formula is C11H10N2O2S. The number of aryl methyl sites for hydroxylation is 2. The van der Waals surface area contributed by atoms with Crippen LogP contribution in [0.4, 0.5) is 0 Å². The van der Waals surface area contributed by atoms with Gasteiger partial charge in [0.2, 0.25) is 0 Å². The number of nitrogens with zero attached hydrogens (tertiary/aromatic N) is 2. The van der Waals surface area contributed by atoms with Crippen LogP contribution in [0.1, 0.15) is 21.9 Å². The Morgan fingerprint density at radius 3 is 2.38 bits per heavy atom. The van der Waals surface area contributed by atoms with E-state index in [1.54, 1.807) is 5.38 Å². The van der Waals surface area contributed by atoms with Gasteiger partial charge in [-0.3, -0.25) is 4.98 Å². The van der Waals surface area contributed by atoms with Crippen LogP contribution in [0.3, 0.4) is 0 Å². The second kappa shape index (κ2) is 4.02. The van der Waals surface area contributed by atoms with Crippen LogP contribution in [-0.2, 0) is 0 Å². The molecule has 0 aliphatic carbocycles. The number of carboxylic acids is 1. The summed E-state index contributed by atoms with van der Waals surface area (Å²) in [6.45, 7) is 3.81. The van der Waals surface area contributed by atoms with E-state index < -0.39 is 5.97 Å². The summed E-state index contributed by atoms with van der Waals surface area (Å²) in [5.41, 5.74) is 2.82. The van der Waals surface area contributed by atoms with Crippen LogP contribution in [0.5, 0.6) is 0 Å². The minimum Gasteiger partial charge on any atom is -0.476 e. The van der Waals surface area contributed by atoms with Crippen molar-refractivity contribution in [3.8, 4) is 10.6 Å². The van der Waals surface area contributed by atoms with Crippen molar-refractivity contribution in [2.24, 2.45) is 0 Å². The first-order valence-electron chi connectivity index (χ1n) is 4.71. The zero-order valence-corrected chi connectivity index (χ0v) is 9.71. The van der Waals surface area contributed by atoms with Crippen molar-refractivity contribution in [1.82, 2.24) is 9.97 Å². The van der Waals surface area contributed by atoms with Gasteiger partial charge in [0, 0.05) is 22.3 Å². The van der Waals surface area contributed by atoms with Crippen LogP contribution in [0.2, 0.25) is 0 Å². The number of aromatic carboxylic acids is 1. The van der Waals surface area contributed by atoms with Crippen LogP contribution in [-0.4, -0.2) is 21.0 Å². The van der Waals surface area contributed by atoms with Crippen molar-refractivity contribution in [3.05, 3.63) is 34.6 Å². The molecule has 16 heavy (non-hydrogen) atoms. The monoisotopic (exact) mass is 234 g/mol. The maximum Gasteiger partial charge on any atom is 0.355 e. The number of hydrogen-bond donors (Lipinski definition) is 1. The maximum atomic E-state index is 10.7. The molecule has 0 saturated heterocycles. The Labute approximate surface area is 96.6 Å². The summed E-state index contributed by atoms with van der Waals surface area (Å²) in [6, 6.07) is 3.80. The highest BCUT2D eigenvalue weighted by atomic mass is 32.1. The molecule has 4 nitrogen and oxygen atoms in total. The summed E-state index contributed by atoms with van der Waals surface area (Å²) in [7, 11) is 0. The Hall–Kier alpha value is -1.75. The minimum absolute atomic E-state index is 0.0899. The number of aromatic nitrogens is 2. The Morgan fingerprint density at radius 2 is 1.88 bits per heavy atom. The average molecular weight is 234 g/mol. The molecule has 1 N–H and O–H groups in total. The van der Waals surface area contributed by atoms with Crippen molar-refractivity contribution in [1.29, 1.82) is 0 Å². The van der Waals surface area contributed by atoms with Gasteiger partial charge in [0.15, 0.2) is 5.69 Å². The third-order valence-electron chi connectivity index (χ3n) is 2.05. The van der Waals surface area contributed by atoms with Gasteiger partial charge >= 0.3 is 5.97 Å². The number of carboxylic acid groups (broad SMARTS) is 1. The van der Waals surface area contributed by atoms with Crippen molar-refractivity contribution < 1.29 is 9.90 Å². The minimum atomic E-state index is -0.995. The predicted octanol–water partition coefficient (Wildman–Crippen LogP) is 2.52. The molecule has 2 aromatic rings. The Balaban J connectivity index is 2.46. The fourth-order valence-electron chi connectivity index (χ4n) is 1.46. The number of hydrogen-bond acceptors (Lipinski definition) is 4. The van der Waals surface area contributed by atoms with Crippen LogP contribution < -0.4 is 0 Å². The molecule has 2 heterocycles. The summed E-state index contributed by atoms with van der Waals surface area (Å²) in [5.74, 6) is -0.995. The normalized spacial score (nSPS) is 10.4. The Bertz CT molecular complexity index is 528. The first-order valence-corrected chi connectivity index (χ1v) is 5.59. The van der Waals surface area contributed by atoms with E-state index in [-0.39, 0.29) is 5.69 Å². The first-order chi connectivity index (χ1) is 7.56. The number of pyridine rings is 1. The van der Waals surface area contributed by atoms with Gasteiger partial charge in [-0.2, -0.15) is 0 Å². The molecule has 0 saturated carbocycles. The summed E-state index contributed by atoms with van der Waals surface area (Å²) < 4.78 is 0. The standard InChI is InChI=1S/C11H10N2O2S/c1-6-3-8(4-7(2)12-6)10-13-9(5-16-10)11(14)15/h3-5H,1-2H3,(H,14,15). The topological polar surface area (TPSA) is 63.1 Å². The summed E-state index contributed by atoms with van der Waals surface area (Å²) in [5, 5.41) is 11.0. The van der Waals surface area contributed by atoms with Crippen molar-refractivity contribution in [2.45, 2.75) is 13.8 Å². The van der Waals surface area contributed by atoms with E-state index in [0.717, 1.165) is 17.0 Å². The Morgan fingerprint density at radius 1 is 1.25 bits per heavy atom. The molecule has 0 amide bonds. The molecule has 2 aromatic heterocycles. The molecule has 2 rings (SSSR count). The number of carbonyl (C=O) groups is 1. The van der Waals surface area contributed by atoms with Gasteiger partial charge in [-0.15, -0.1) is 11.3 Å². The fraction of sp³-hybridized carbons (Fsp3) is 0.182. The number of rotatable bonds is 2. The van der Waals surface area contributed by atoms with Crippen LogP contribution in [0, 0.1) is 13.8 Å². The molecule has 0 aromatic carbocycles. The molecule has 0 spiro atoms. The lowest BCUT2D eigenvalue weighted by Crippen LogP contribution is -1.96. The second-order valence-electron chi connectivity index (χ2n) is 3.48. The first kappa shape index (κ1) is 10.8. The fourth-order valence-corrected chi connectivity index (χ4v) is 2.24. The van der Waals surface area contributed by atoms with Gasteiger partial charge < -0.3 is 5.11 Å². The van der Waals surface area contributed by atoms with E-state index in [1.807, 2.05) is 26.0 Å². The van der Waals surface area contributed by atoms with Gasteiger partial charge in [-0.1, -0.05) is 0 Å². The SMILES string of the molecule is Cc1cc(-c2nc(C(=O)O)cs2)cc(C)n1. The highest BCUT2D eigenvalue weighted by Crippen LogP contribution is 2.24. The van der Waals surface area contributed by atoms with E-state index in [0.29, 0.717) is 5.01 Å². The zero-order chi connectivity index (χ0) is 11.7. The highest BCUT2D eigenvalue weighted by molar-refractivity contribution is 7.13. The van der Waals surface area contributed by atoms with Crippen LogP contribution in [0.15, 0.2) is 17.5 Å². The summed E-state index contributed by atoms with van der Waals surface area (Å²) in [6.07, 6.45) is 0. The third kappa shape index (κ3) is 2.09. The molecule has 0 radical (unpaired) electrons. The van der Waals surface area contributed by atoms with Gasteiger partial charge in [0.25, 0.3) is 0 Å². The smallest absolute Gasteiger partial charge is 0.355 e. The predicted molar refractivity (Wildman–Crippen MR) is 61.8 cm³/mol. The molecule has 0 bridgehead atoms. The third-order valence-corrected chi connectivity index (χ3v) is 2.94. The van der Waals surface area contributed by atoms with Crippen LogP contribution in [0.25, 0.3) is 10.6 Å². The lowest BCUT2D eigenvalue weighted by Gasteiger charge is -2.00. The molecule has 0 atom stereocenters. The second-order valence-corrected chi connectivity index (χ2v) is 4.34. The number of thiazole rings is 1. The van der Waals surface area contributed by atoms with Gasteiger partial charge in [-0.25, -0.2) is 9.78 Å². The summed E-state index contributed by atoms with van der Waals surface area (Å²) >= 11 is 1.33. The molecule has 0 unspecified atom stereocenters. The zero-order valence-electron chi connectivity index (χ0n) is 8.89. The molecule has 0 aliphatic heterocycles. The van der Waals surface area contributed by atoms with E-state index in [4.69, 9.17) is 5.11 Å². The van der Waals surface area contributed by atoms with Gasteiger partial charge in [0.1, 0.15) is 5.01 Å². The van der Waals surface area contributed by atoms with Crippen LogP contribution >= 0.6 is 11.3 Å². The van der Waals surface area contributed by atoms with Gasteiger partial charge in [-0.05, 0) is 26.0 Å². The van der Waals surface area contributed by atoms with Gasteiger partial charge in [0.05, 0.1) is 0 Å². The Kier molecular flexibility index (Phi) is 2.70. The summed E-state index contributed by atoms with van der Waals surface area (Å²) in [4.78, 5) is 19.0. The lowest BCUT2D eigenvalue weighted by molar-refractivity contribution is 0.0691. The highest BCUT2D eigenvalue weighted by Gasteiger charge is 2.10. The lowest BCUT2D eigenvalue weighted by atomic mass is 10.2. The van der Waals surface area contributed by atoms with E-state index in [2.05, 4.69) is 9.97 Å². The quantitative estimate of drug-likeness (QED) is 0.867. The van der Waals surface area contributed by atoms with Crippen molar-refractivity contribution in [2.75, 3.05) is 0 Å². The molecule has 0 fully saturated rings. The van der Waals surface area contributed by atoms with E-state index >= 15 is 0 Å². The molecular weight excluding hydrogens is 224 g/mol. The largest absolute Gasteiger partial charge is 0.476 e.